The van der Waals surface area contributed by atoms with Gasteiger partial charge in [0.05, 0.1) is 0 Å². The number of aryl methyl sites for hydroxylation is 2. The van der Waals surface area contributed by atoms with Crippen LogP contribution >= 0.6 is 22.7 Å². The van der Waals surface area contributed by atoms with Gasteiger partial charge in [-0.2, -0.15) is 0 Å². The predicted octanol–water partition coefficient (Wildman–Crippen LogP) is 3.64. The van der Waals surface area contributed by atoms with Crippen LogP contribution in [0.2, 0.25) is 0 Å². The number of hydrogen-bond acceptors (Lipinski definition) is 10. The molecule has 0 atom stereocenters. The van der Waals surface area contributed by atoms with E-state index in [0.717, 1.165) is 74.0 Å². The van der Waals surface area contributed by atoms with Crippen LogP contribution < -0.4 is 9.80 Å². The number of nitrogens with zero attached hydrogens (tertiary/aromatic N) is 8. The molecule has 6 heterocycles. The minimum atomic E-state index is 0.222. The zero-order valence-corrected chi connectivity index (χ0v) is 25.3. The Hall–Kier alpha value is -3.90. The molecule has 2 saturated heterocycles. The Morgan fingerprint density at radius 1 is 0.571 bits per heavy atom. The van der Waals surface area contributed by atoms with E-state index in [1.807, 2.05) is 69.4 Å². The van der Waals surface area contributed by atoms with Crippen molar-refractivity contribution in [1.82, 2.24) is 29.7 Å². The van der Waals surface area contributed by atoms with Crippen molar-refractivity contribution in [2.45, 2.75) is 25.7 Å². The van der Waals surface area contributed by atoms with Crippen LogP contribution in [-0.4, -0.2) is 93.9 Å². The second-order valence-electron chi connectivity index (χ2n) is 10.0. The number of thiazole rings is 2. The fraction of sp³-hybridized carbons (Fsp3) is 0.400. The first kappa shape index (κ1) is 29.6. The third kappa shape index (κ3) is 8.56. The summed E-state index contributed by atoms with van der Waals surface area (Å²) < 4.78 is 0. The number of pyridine rings is 2. The number of piperazine rings is 2. The third-order valence-electron chi connectivity index (χ3n) is 7.29. The Bertz CT molecular complexity index is 1230. The number of amides is 2. The molecule has 42 heavy (non-hydrogen) atoms. The molecule has 2 aliphatic rings. The van der Waals surface area contributed by atoms with Crippen molar-refractivity contribution in [3.8, 4) is 0 Å². The van der Waals surface area contributed by atoms with Crippen LogP contribution in [0, 0.1) is 0 Å². The average Bonchev–Trinajstić information content (AvgIpc) is 3.80. The van der Waals surface area contributed by atoms with Crippen LogP contribution in [0.1, 0.15) is 24.2 Å². The van der Waals surface area contributed by atoms with Gasteiger partial charge in [-0.25, -0.2) is 9.97 Å². The number of carbonyl (C=O) groups excluding carboxylic acids is 2. The molecule has 220 valence electrons. The average molecular weight is 605 g/mol. The molecule has 0 saturated carbocycles. The highest BCUT2D eigenvalue weighted by atomic mass is 32.1. The normalized spacial score (nSPS) is 15.2. The molecule has 2 fully saturated rings. The molecule has 0 N–H and O–H groups in total. The van der Waals surface area contributed by atoms with Crippen LogP contribution in [0.15, 0.2) is 71.9 Å². The minimum Gasteiger partial charge on any atom is -0.345 e. The van der Waals surface area contributed by atoms with E-state index in [1.54, 1.807) is 35.1 Å². The Kier molecular flexibility index (Phi) is 10.8. The smallest absolute Gasteiger partial charge is 0.223 e. The highest BCUT2D eigenvalue weighted by molar-refractivity contribution is 7.13. The van der Waals surface area contributed by atoms with Crippen molar-refractivity contribution in [2.24, 2.45) is 0 Å². The number of carbonyl (C=O) groups is 2. The fourth-order valence-corrected chi connectivity index (χ4v) is 6.31. The van der Waals surface area contributed by atoms with Gasteiger partial charge in [-0.15, -0.1) is 22.7 Å². The van der Waals surface area contributed by atoms with E-state index in [1.165, 1.54) is 0 Å². The summed E-state index contributed by atoms with van der Waals surface area (Å²) in [5.41, 5.74) is 1.96. The van der Waals surface area contributed by atoms with Gasteiger partial charge in [0.25, 0.3) is 0 Å². The number of hydrogen-bond donors (Lipinski definition) is 0. The van der Waals surface area contributed by atoms with Gasteiger partial charge in [-0.3, -0.25) is 19.6 Å². The Morgan fingerprint density at radius 2 is 1.00 bits per heavy atom. The van der Waals surface area contributed by atoms with Crippen molar-refractivity contribution >= 4 is 44.8 Å². The molecule has 0 unspecified atom stereocenters. The SMILES string of the molecule is O=C(CCc1ccccn1)N1CCN(c2nccs2)CC1.O=C(CCc1ccccn1)N1CCN(c2nccs2)CC1. The number of rotatable bonds is 8. The van der Waals surface area contributed by atoms with Gasteiger partial charge in [0.1, 0.15) is 0 Å². The largest absolute Gasteiger partial charge is 0.345 e. The number of anilines is 2. The van der Waals surface area contributed by atoms with Crippen LogP contribution in [-0.2, 0) is 22.4 Å². The summed E-state index contributed by atoms with van der Waals surface area (Å²) >= 11 is 3.30. The molecule has 0 aromatic carbocycles. The molecule has 0 radical (unpaired) electrons. The molecular formula is C30H36N8O2S2. The highest BCUT2D eigenvalue weighted by Crippen LogP contribution is 2.20. The topological polar surface area (TPSA) is 98.7 Å². The molecule has 4 aromatic heterocycles. The van der Waals surface area contributed by atoms with Gasteiger partial charge in [0.2, 0.25) is 11.8 Å². The van der Waals surface area contributed by atoms with E-state index in [4.69, 9.17) is 0 Å². The second-order valence-corrected chi connectivity index (χ2v) is 11.8. The first-order valence-electron chi connectivity index (χ1n) is 14.3. The molecule has 10 nitrogen and oxygen atoms in total. The zero-order valence-electron chi connectivity index (χ0n) is 23.6. The van der Waals surface area contributed by atoms with Gasteiger partial charge < -0.3 is 19.6 Å². The van der Waals surface area contributed by atoms with Gasteiger partial charge in [0.15, 0.2) is 10.3 Å². The lowest BCUT2D eigenvalue weighted by Gasteiger charge is -2.34. The number of aromatic nitrogens is 4. The fourth-order valence-electron chi connectivity index (χ4n) is 4.92. The molecule has 6 rings (SSSR count). The summed E-state index contributed by atoms with van der Waals surface area (Å²) in [7, 11) is 0. The molecule has 4 aromatic rings. The van der Waals surface area contributed by atoms with Gasteiger partial charge >= 0.3 is 0 Å². The van der Waals surface area contributed by atoms with Gasteiger partial charge in [-0.1, -0.05) is 12.1 Å². The van der Waals surface area contributed by atoms with E-state index >= 15 is 0 Å². The van der Waals surface area contributed by atoms with E-state index in [2.05, 4.69) is 29.7 Å². The monoisotopic (exact) mass is 604 g/mol. The van der Waals surface area contributed by atoms with Crippen LogP contribution in [0.3, 0.4) is 0 Å². The lowest BCUT2D eigenvalue weighted by molar-refractivity contribution is -0.132. The van der Waals surface area contributed by atoms with Crippen molar-refractivity contribution in [1.29, 1.82) is 0 Å². The molecule has 12 heteroatoms. The first-order chi connectivity index (χ1) is 20.7. The lowest BCUT2D eigenvalue weighted by atomic mass is 10.2. The highest BCUT2D eigenvalue weighted by Gasteiger charge is 2.23. The summed E-state index contributed by atoms with van der Waals surface area (Å²) in [5.74, 6) is 0.443. The van der Waals surface area contributed by atoms with Gasteiger partial charge in [-0.05, 0) is 37.1 Å². The van der Waals surface area contributed by atoms with Crippen molar-refractivity contribution in [3.63, 3.8) is 0 Å². The Balaban J connectivity index is 0.000000168. The lowest BCUT2D eigenvalue weighted by Crippen LogP contribution is -2.48. The van der Waals surface area contributed by atoms with Gasteiger partial charge in [0, 0.05) is 112 Å². The molecular weight excluding hydrogens is 569 g/mol. The van der Waals surface area contributed by atoms with Crippen molar-refractivity contribution in [3.05, 3.63) is 83.3 Å². The summed E-state index contributed by atoms with van der Waals surface area (Å²) in [6, 6.07) is 11.6. The molecule has 2 amide bonds. The maximum absolute atomic E-state index is 12.2. The maximum Gasteiger partial charge on any atom is 0.223 e. The molecule has 0 bridgehead atoms. The third-order valence-corrected chi connectivity index (χ3v) is 8.95. The molecule has 0 aliphatic carbocycles. The standard InChI is InChI=1S/2C15H18N4OS/c2*20-14(5-4-13-3-1-2-6-16-13)18-8-10-19(11-9-18)15-17-7-12-21-15/h2*1-3,6-7,12H,4-5,8-11H2. The zero-order chi connectivity index (χ0) is 29.0. The van der Waals surface area contributed by atoms with Crippen molar-refractivity contribution in [2.75, 3.05) is 62.2 Å². The van der Waals surface area contributed by atoms with Crippen LogP contribution in [0.25, 0.3) is 0 Å². The van der Waals surface area contributed by atoms with E-state index < -0.39 is 0 Å². The van der Waals surface area contributed by atoms with Crippen molar-refractivity contribution < 1.29 is 9.59 Å². The van der Waals surface area contributed by atoms with Crippen LogP contribution in [0.5, 0.6) is 0 Å². The Morgan fingerprint density at radius 3 is 1.33 bits per heavy atom. The van der Waals surface area contributed by atoms with E-state index in [0.29, 0.717) is 25.7 Å². The summed E-state index contributed by atoms with van der Waals surface area (Å²) in [6.45, 7) is 6.57. The second kappa shape index (κ2) is 15.4. The minimum absolute atomic E-state index is 0.222. The Labute approximate surface area is 254 Å². The maximum atomic E-state index is 12.2. The van der Waals surface area contributed by atoms with E-state index in [-0.39, 0.29) is 11.8 Å². The van der Waals surface area contributed by atoms with Crippen LogP contribution in [0.4, 0.5) is 10.3 Å². The summed E-state index contributed by atoms with van der Waals surface area (Å²) in [6.07, 6.45) is 9.69. The predicted molar refractivity (Wildman–Crippen MR) is 167 cm³/mol. The summed E-state index contributed by atoms with van der Waals surface area (Å²) in [4.78, 5) is 50.0. The molecule has 2 aliphatic heterocycles. The van der Waals surface area contributed by atoms with E-state index in [9.17, 15) is 9.59 Å². The summed E-state index contributed by atoms with van der Waals surface area (Å²) in [5, 5.41) is 6.07. The first-order valence-corrected chi connectivity index (χ1v) is 16.1. The molecule has 0 spiro atoms. The quantitative estimate of drug-likeness (QED) is 0.301.